The highest BCUT2D eigenvalue weighted by molar-refractivity contribution is 6.35. The molecule has 1 heterocycles. The molecule has 4 amide bonds. The topological polar surface area (TPSA) is 78.5 Å². The first-order valence-corrected chi connectivity index (χ1v) is 9.56. The molecule has 8 heteroatoms. The van der Waals surface area contributed by atoms with E-state index in [4.69, 9.17) is 23.2 Å². The van der Waals surface area contributed by atoms with Gasteiger partial charge in [0, 0.05) is 23.0 Å². The van der Waals surface area contributed by atoms with Crippen LogP contribution in [0, 0.1) is 0 Å². The summed E-state index contributed by atoms with van der Waals surface area (Å²) in [7, 11) is 0. The zero-order valence-electron chi connectivity index (χ0n) is 15.0. The predicted molar refractivity (Wildman–Crippen MR) is 107 cm³/mol. The average molecular weight is 420 g/mol. The van der Waals surface area contributed by atoms with E-state index in [-0.39, 0.29) is 37.7 Å². The van der Waals surface area contributed by atoms with Crippen LogP contribution in [0.3, 0.4) is 0 Å². The first-order valence-electron chi connectivity index (χ1n) is 8.80. The van der Waals surface area contributed by atoms with Crippen LogP contribution in [-0.2, 0) is 22.7 Å². The van der Waals surface area contributed by atoms with Crippen molar-refractivity contribution in [2.24, 2.45) is 0 Å². The van der Waals surface area contributed by atoms with E-state index in [2.05, 4.69) is 10.6 Å². The van der Waals surface area contributed by atoms with E-state index in [1.807, 2.05) is 30.3 Å². The van der Waals surface area contributed by atoms with Crippen molar-refractivity contribution in [3.8, 4) is 0 Å². The number of carbonyl (C=O) groups excluding carboxylic acids is 3. The molecule has 0 unspecified atom stereocenters. The highest BCUT2D eigenvalue weighted by atomic mass is 35.5. The molecule has 2 N–H and O–H groups in total. The molecule has 0 aliphatic carbocycles. The summed E-state index contributed by atoms with van der Waals surface area (Å²) in [5, 5.41) is 6.39. The van der Waals surface area contributed by atoms with Crippen LogP contribution >= 0.6 is 23.2 Å². The van der Waals surface area contributed by atoms with Crippen LogP contribution in [0.2, 0.25) is 10.0 Å². The Morgan fingerprint density at radius 3 is 2.57 bits per heavy atom. The van der Waals surface area contributed by atoms with Gasteiger partial charge in [0.15, 0.2) is 0 Å². The minimum Gasteiger partial charge on any atom is -0.352 e. The van der Waals surface area contributed by atoms with E-state index in [0.717, 1.165) is 11.1 Å². The molecule has 1 saturated heterocycles. The summed E-state index contributed by atoms with van der Waals surface area (Å²) in [6, 6.07) is 13.2. The Morgan fingerprint density at radius 2 is 1.86 bits per heavy atom. The Hall–Kier alpha value is -2.57. The molecule has 146 valence electrons. The van der Waals surface area contributed by atoms with Crippen LogP contribution in [0.15, 0.2) is 48.5 Å². The average Bonchev–Trinajstić information content (AvgIpc) is 2.94. The standard InChI is InChI=1S/C20H19Cl2N3O3/c21-15-7-6-14(16(22)10-15)11-23-18(26)9-8-17-19(27)25(20(28)24-17)12-13-4-2-1-3-5-13/h1-7,10,17H,8-9,11-12H2,(H,23,26)(H,24,28)/t17-/m1/s1. The summed E-state index contributed by atoms with van der Waals surface area (Å²) in [4.78, 5) is 37.8. The number of urea groups is 1. The van der Waals surface area contributed by atoms with Gasteiger partial charge in [-0.1, -0.05) is 59.6 Å². The lowest BCUT2D eigenvalue weighted by molar-refractivity contribution is -0.128. The molecule has 0 bridgehead atoms. The number of benzene rings is 2. The Morgan fingerprint density at radius 1 is 1.11 bits per heavy atom. The van der Waals surface area contributed by atoms with Gasteiger partial charge < -0.3 is 10.6 Å². The summed E-state index contributed by atoms with van der Waals surface area (Å²) in [5.74, 6) is -0.544. The van der Waals surface area contributed by atoms with Gasteiger partial charge in [0.2, 0.25) is 5.91 Å². The molecule has 2 aromatic carbocycles. The van der Waals surface area contributed by atoms with E-state index in [9.17, 15) is 14.4 Å². The van der Waals surface area contributed by atoms with Gasteiger partial charge in [0.25, 0.3) is 5.91 Å². The number of hydrogen-bond donors (Lipinski definition) is 2. The van der Waals surface area contributed by atoms with Crippen molar-refractivity contribution in [1.82, 2.24) is 15.5 Å². The molecular formula is C20H19Cl2N3O3. The zero-order valence-corrected chi connectivity index (χ0v) is 16.5. The van der Waals surface area contributed by atoms with Gasteiger partial charge in [-0.3, -0.25) is 14.5 Å². The molecule has 1 aliphatic rings. The Bertz CT molecular complexity index is 890. The fourth-order valence-electron chi connectivity index (χ4n) is 2.91. The maximum atomic E-state index is 12.5. The largest absolute Gasteiger partial charge is 0.352 e. The summed E-state index contributed by atoms with van der Waals surface area (Å²) in [6.45, 7) is 0.475. The monoisotopic (exact) mass is 419 g/mol. The van der Waals surface area contributed by atoms with Crippen molar-refractivity contribution >= 4 is 41.0 Å². The molecule has 1 fully saturated rings. The zero-order chi connectivity index (χ0) is 20.1. The van der Waals surface area contributed by atoms with Crippen molar-refractivity contribution in [3.63, 3.8) is 0 Å². The summed E-state index contributed by atoms with van der Waals surface area (Å²) < 4.78 is 0. The minimum atomic E-state index is -0.693. The maximum absolute atomic E-state index is 12.5. The quantitative estimate of drug-likeness (QED) is 0.673. The molecule has 1 aliphatic heterocycles. The lowest BCUT2D eigenvalue weighted by atomic mass is 10.1. The Balaban J connectivity index is 1.48. The third-order valence-electron chi connectivity index (χ3n) is 4.44. The third-order valence-corrected chi connectivity index (χ3v) is 5.03. The molecule has 3 rings (SSSR count). The second-order valence-corrected chi connectivity index (χ2v) is 7.31. The van der Waals surface area contributed by atoms with Gasteiger partial charge in [-0.2, -0.15) is 0 Å². The van der Waals surface area contributed by atoms with Crippen LogP contribution < -0.4 is 10.6 Å². The fourth-order valence-corrected chi connectivity index (χ4v) is 3.39. The third kappa shape index (κ3) is 5.03. The molecule has 0 spiro atoms. The van der Waals surface area contributed by atoms with Gasteiger partial charge in [0.05, 0.1) is 6.54 Å². The molecule has 0 aromatic heterocycles. The highest BCUT2D eigenvalue weighted by Gasteiger charge is 2.37. The number of nitrogens with zero attached hydrogens (tertiary/aromatic N) is 1. The molecular weight excluding hydrogens is 401 g/mol. The van der Waals surface area contributed by atoms with Crippen molar-refractivity contribution < 1.29 is 14.4 Å². The van der Waals surface area contributed by atoms with Crippen LogP contribution in [0.25, 0.3) is 0 Å². The predicted octanol–water partition coefficient (Wildman–Crippen LogP) is 3.51. The number of halogens is 2. The van der Waals surface area contributed by atoms with Gasteiger partial charge in [-0.25, -0.2) is 4.79 Å². The van der Waals surface area contributed by atoms with E-state index < -0.39 is 12.1 Å². The number of carbonyl (C=O) groups is 3. The number of imide groups is 1. The number of amides is 4. The van der Waals surface area contributed by atoms with Crippen molar-refractivity contribution in [2.45, 2.75) is 32.0 Å². The van der Waals surface area contributed by atoms with E-state index >= 15 is 0 Å². The minimum absolute atomic E-state index is 0.112. The Kier molecular flexibility index (Phi) is 6.54. The maximum Gasteiger partial charge on any atom is 0.325 e. The van der Waals surface area contributed by atoms with Gasteiger partial charge in [0.1, 0.15) is 6.04 Å². The summed E-state index contributed by atoms with van der Waals surface area (Å²) >= 11 is 11.9. The van der Waals surface area contributed by atoms with Crippen molar-refractivity contribution in [1.29, 1.82) is 0 Å². The summed E-state index contributed by atoms with van der Waals surface area (Å²) in [5.41, 5.74) is 1.61. The summed E-state index contributed by atoms with van der Waals surface area (Å²) in [6.07, 6.45) is 0.344. The number of rotatable bonds is 7. The van der Waals surface area contributed by atoms with Gasteiger partial charge in [-0.05, 0) is 29.7 Å². The first-order chi connectivity index (χ1) is 13.4. The van der Waals surface area contributed by atoms with E-state index in [1.54, 1.807) is 18.2 Å². The smallest absolute Gasteiger partial charge is 0.325 e. The van der Waals surface area contributed by atoms with Crippen LogP contribution in [0.5, 0.6) is 0 Å². The normalized spacial score (nSPS) is 16.2. The highest BCUT2D eigenvalue weighted by Crippen LogP contribution is 2.21. The van der Waals surface area contributed by atoms with Crippen LogP contribution in [-0.4, -0.2) is 28.8 Å². The molecule has 1 atom stereocenters. The van der Waals surface area contributed by atoms with Crippen molar-refractivity contribution in [3.05, 3.63) is 69.7 Å². The lowest BCUT2D eigenvalue weighted by Gasteiger charge is -2.13. The molecule has 2 aromatic rings. The lowest BCUT2D eigenvalue weighted by Crippen LogP contribution is -2.32. The van der Waals surface area contributed by atoms with Crippen molar-refractivity contribution in [2.75, 3.05) is 0 Å². The molecule has 0 radical (unpaired) electrons. The van der Waals surface area contributed by atoms with Gasteiger partial charge in [-0.15, -0.1) is 0 Å². The van der Waals surface area contributed by atoms with Gasteiger partial charge >= 0.3 is 6.03 Å². The van der Waals surface area contributed by atoms with Crippen LogP contribution in [0.1, 0.15) is 24.0 Å². The molecule has 6 nitrogen and oxygen atoms in total. The van der Waals surface area contributed by atoms with E-state index in [0.29, 0.717) is 10.0 Å². The Labute approximate surface area is 172 Å². The number of hydrogen-bond acceptors (Lipinski definition) is 3. The fraction of sp³-hybridized carbons (Fsp3) is 0.250. The van der Waals surface area contributed by atoms with E-state index in [1.165, 1.54) is 4.90 Å². The molecule has 28 heavy (non-hydrogen) atoms. The first kappa shape index (κ1) is 20.2. The molecule has 0 saturated carbocycles. The second-order valence-electron chi connectivity index (χ2n) is 6.46. The second kappa shape index (κ2) is 9.08. The van der Waals surface area contributed by atoms with Crippen LogP contribution in [0.4, 0.5) is 4.79 Å². The SMILES string of the molecule is O=C(CC[C@H]1NC(=O)N(Cc2ccccc2)C1=O)NCc1ccc(Cl)cc1Cl. The number of nitrogens with one attached hydrogen (secondary N) is 2.